The Balaban J connectivity index is 1.83. The number of morpholine rings is 1. The molecule has 2 N–H and O–H groups in total. The van der Waals surface area contributed by atoms with Crippen LogP contribution in [-0.2, 0) is 4.74 Å². The van der Waals surface area contributed by atoms with Crippen LogP contribution in [0.15, 0.2) is 12.4 Å². The Hall–Kier alpha value is -1.40. The second-order valence-corrected chi connectivity index (χ2v) is 3.55. The number of nitrogens with one attached hydrogen (secondary N) is 2. The third-order valence-electron chi connectivity index (χ3n) is 2.38. The fourth-order valence-corrected chi connectivity index (χ4v) is 1.53. The summed E-state index contributed by atoms with van der Waals surface area (Å²) in [5.74, 6) is 1.32. The molecule has 0 saturated carbocycles. The van der Waals surface area contributed by atoms with Gasteiger partial charge in [0.15, 0.2) is 0 Å². The van der Waals surface area contributed by atoms with E-state index in [4.69, 9.17) is 9.47 Å². The van der Waals surface area contributed by atoms with Gasteiger partial charge in [-0.1, -0.05) is 0 Å². The van der Waals surface area contributed by atoms with Crippen molar-refractivity contribution in [2.75, 3.05) is 38.7 Å². The maximum atomic E-state index is 5.36. The van der Waals surface area contributed by atoms with Gasteiger partial charge in [-0.05, 0) is 0 Å². The molecule has 0 aromatic carbocycles. The van der Waals surface area contributed by atoms with E-state index < -0.39 is 0 Å². The van der Waals surface area contributed by atoms with Gasteiger partial charge >= 0.3 is 0 Å². The molecule has 0 spiro atoms. The van der Waals surface area contributed by atoms with Gasteiger partial charge in [0, 0.05) is 25.2 Å². The molecule has 1 aromatic rings. The third-order valence-corrected chi connectivity index (χ3v) is 2.38. The predicted octanol–water partition coefficient (Wildman–Crippen LogP) is -0.114. The van der Waals surface area contributed by atoms with E-state index in [-0.39, 0.29) is 0 Å². The highest BCUT2D eigenvalue weighted by Gasteiger charge is 2.12. The minimum atomic E-state index is 0.328. The van der Waals surface area contributed by atoms with Crippen LogP contribution in [0, 0.1) is 0 Å². The van der Waals surface area contributed by atoms with Crippen LogP contribution in [0.1, 0.15) is 0 Å². The molecule has 6 nitrogen and oxygen atoms in total. The first-order chi connectivity index (χ1) is 7.88. The first-order valence-electron chi connectivity index (χ1n) is 5.29. The van der Waals surface area contributed by atoms with Crippen molar-refractivity contribution in [3.8, 4) is 5.88 Å². The largest absolute Gasteiger partial charge is 0.481 e. The van der Waals surface area contributed by atoms with Crippen LogP contribution in [0.4, 0.5) is 5.82 Å². The van der Waals surface area contributed by atoms with Gasteiger partial charge in [0.2, 0.25) is 5.88 Å². The van der Waals surface area contributed by atoms with Crippen molar-refractivity contribution < 1.29 is 9.47 Å². The molecule has 1 unspecified atom stereocenters. The summed E-state index contributed by atoms with van der Waals surface area (Å²) in [5.41, 5.74) is 0. The number of hydrogen-bond donors (Lipinski definition) is 2. The Bertz CT molecular complexity index is 328. The number of nitrogens with zero attached hydrogens (tertiary/aromatic N) is 2. The number of aromatic nitrogens is 2. The summed E-state index contributed by atoms with van der Waals surface area (Å²) < 4.78 is 10.4. The van der Waals surface area contributed by atoms with Gasteiger partial charge in [0.25, 0.3) is 0 Å². The molecular weight excluding hydrogens is 208 g/mol. The molecule has 6 heteroatoms. The molecular formula is C10H16N4O2. The average Bonchev–Trinajstić information content (AvgIpc) is 2.38. The van der Waals surface area contributed by atoms with Crippen molar-refractivity contribution in [2.45, 2.75) is 6.04 Å². The van der Waals surface area contributed by atoms with Gasteiger partial charge in [0.1, 0.15) is 12.1 Å². The number of hydrogen-bond acceptors (Lipinski definition) is 6. The zero-order valence-corrected chi connectivity index (χ0v) is 9.27. The first kappa shape index (κ1) is 11.1. The summed E-state index contributed by atoms with van der Waals surface area (Å²) in [6.07, 6.45) is 1.48. The molecule has 2 heterocycles. The van der Waals surface area contributed by atoms with Crippen LogP contribution in [0.5, 0.6) is 5.88 Å². The van der Waals surface area contributed by atoms with Gasteiger partial charge < -0.3 is 20.1 Å². The molecule has 0 amide bonds. The fourth-order valence-electron chi connectivity index (χ4n) is 1.53. The maximum Gasteiger partial charge on any atom is 0.218 e. The lowest BCUT2D eigenvalue weighted by molar-refractivity contribution is 0.0806. The molecule has 0 radical (unpaired) electrons. The molecule has 1 aliphatic rings. The summed E-state index contributed by atoms with van der Waals surface area (Å²) >= 11 is 0. The molecule has 88 valence electrons. The zero-order valence-electron chi connectivity index (χ0n) is 9.27. The summed E-state index contributed by atoms with van der Waals surface area (Å²) in [6, 6.07) is 2.10. The first-order valence-corrected chi connectivity index (χ1v) is 5.29. The lowest BCUT2D eigenvalue weighted by Crippen LogP contribution is -2.45. The predicted molar refractivity (Wildman–Crippen MR) is 59.7 cm³/mol. The summed E-state index contributed by atoms with van der Waals surface area (Å²) in [4.78, 5) is 8.04. The van der Waals surface area contributed by atoms with Crippen molar-refractivity contribution in [3.05, 3.63) is 12.4 Å². The second kappa shape index (κ2) is 5.62. The topological polar surface area (TPSA) is 68.3 Å². The quantitative estimate of drug-likeness (QED) is 0.743. The van der Waals surface area contributed by atoms with E-state index in [9.17, 15) is 0 Å². The standard InChI is InChI=1S/C10H16N4O2/c1-15-10-4-9(13-7-14-10)12-5-8-6-16-3-2-11-8/h4,7-8,11H,2-3,5-6H2,1H3,(H,12,13,14). The number of anilines is 1. The van der Waals surface area contributed by atoms with Gasteiger partial charge in [0.05, 0.1) is 20.3 Å². The van der Waals surface area contributed by atoms with Crippen LogP contribution < -0.4 is 15.4 Å². The number of methoxy groups -OCH3 is 1. The summed E-state index contributed by atoms with van der Waals surface area (Å²) in [6.45, 7) is 3.20. The van der Waals surface area contributed by atoms with E-state index in [1.165, 1.54) is 6.33 Å². The van der Waals surface area contributed by atoms with Gasteiger partial charge in [-0.3, -0.25) is 0 Å². The van der Waals surface area contributed by atoms with E-state index in [0.717, 1.165) is 32.1 Å². The minimum Gasteiger partial charge on any atom is -0.481 e. The molecule has 16 heavy (non-hydrogen) atoms. The van der Waals surface area contributed by atoms with Gasteiger partial charge in [-0.25, -0.2) is 9.97 Å². The van der Waals surface area contributed by atoms with E-state index >= 15 is 0 Å². The Kier molecular flexibility index (Phi) is 3.90. The van der Waals surface area contributed by atoms with Crippen LogP contribution in [0.3, 0.4) is 0 Å². The molecule has 1 atom stereocenters. The Morgan fingerprint density at radius 3 is 3.31 bits per heavy atom. The van der Waals surface area contributed by atoms with E-state index in [2.05, 4.69) is 20.6 Å². The molecule has 1 aliphatic heterocycles. The molecule has 0 bridgehead atoms. The Labute approximate surface area is 94.4 Å². The van der Waals surface area contributed by atoms with Crippen LogP contribution >= 0.6 is 0 Å². The zero-order chi connectivity index (χ0) is 11.2. The van der Waals surface area contributed by atoms with Crippen LogP contribution in [-0.4, -0.2) is 49.4 Å². The van der Waals surface area contributed by atoms with Crippen molar-refractivity contribution in [1.82, 2.24) is 15.3 Å². The van der Waals surface area contributed by atoms with Crippen molar-refractivity contribution in [1.29, 1.82) is 0 Å². The van der Waals surface area contributed by atoms with Crippen molar-refractivity contribution in [3.63, 3.8) is 0 Å². The van der Waals surface area contributed by atoms with E-state index in [1.807, 2.05) is 0 Å². The number of rotatable bonds is 4. The Morgan fingerprint density at radius 2 is 2.56 bits per heavy atom. The average molecular weight is 224 g/mol. The van der Waals surface area contributed by atoms with E-state index in [1.54, 1.807) is 13.2 Å². The normalized spacial score (nSPS) is 20.4. The molecule has 1 saturated heterocycles. The molecule has 1 aromatic heterocycles. The van der Waals surface area contributed by atoms with Gasteiger partial charge in [-0.15, -0.1) is 0 Å². The van der Waals surface area contributed by atoms with Crippen LogP contribution in [0.2, 0.25) is 0 Å². The molecule has 0 aliphatic carbocycles. The van der Waals surface area contributed by atoms with E-state index in [0.29, 0.717) is 11.9 Å². The molecule has 1 fully saturated rings. The SMILES string of the molecule is COc1cc(NCC2COCCN2)ncn1. The number of ether oxygens (including phenoxy) is 2. The highest BCUT2D eigenvalue weighted by Crippen LogP contribution is 2.09. The Morgan fingerprint density at radius 1 is 1.62 bits per heavy atom. The minimum absolute atomic E-state index is 0.328. The third kappa shape index (κ3) is 3.04. The smallest absolute Gasteiger partial charge is 0.218 e. The summed E-state index contributed by atoms with van der Waals surface area (Å²) in [5, 5.41) is 6.57. The second-order valence-electron chi connectivity index (χ2n) is 3.55. The summed E-state index contributed by atoms with van der Waals surface area (Å²) in [7, 11) is 1.59. The fraction of sp³-hybridized carbons (Fsp3) is 0.600. The lowest BCUT2D eigenvalue weighted by Gasteiger charge is -2.24. The molecule has 2 rings (SSSR count). The van der Waals surface area contributed by atoms with Gasteiger partial charge in [-0.2, -0.15) is 0 Å². The van der Waals surface area contributed by atoms with Crippen LogP contribution in [0.25, 0.3) is 0 Å². The maximum absolute atomic E-state index is 5.36. The highest BCUT2D eigenvalue weighted by atomic mass is 16.5. The monoisotopic (exact) mass is 224 g/mol. The van der Waals surface area contributed by atoms with Crippen molar-refractivity contribution >= 4 is 5.82 Å². The highest BCUT2D eigenvalue weighted by molar-refractivity contribution is 5.37. The van der Waals surface area contributed by atoms with Crippen molar-refractivity contribution in [2.24, 2.45) is 0 Å². The lowest BCUT2D eigenvalue weighted by atomic mass is 10.3.